The molecule has 1 saturated heterocycles. The van der Waals surface area contributed by atoms with Crippen molar-refractivity contribution in [2.24, 2.45) is 0 Å². The Bertz CT molecular complexity index is 414. The second kappa shape index (κ2) is 6.35. The van der Waals surface area contributed by atoms with E-state index >= 15 is 0 Å². The molecule has 0 amide bonds. The third-order valence-corrected chi connectivity index (χ3v) is 3.60. The van der Waals surface area contributed by atoms with Gasteiger partial charge >= 0.3 is 0 Å². The topological polar surface area (TPSA) is 40.6 Å². The zero-order valence-electron chi connectivity index (χ0n) is 12.1. The molecule has 1 fully saturated rings. The van der Waals surface area contributed by atoms with Crippen molar-refractivity contribution in [3.05, 3.63) is 23.5 Å². The molecule has 0 bridgehead atoms. The predicted octanol–water partition coefficient (Wildman–Crippen LogP) is 2.87. The van der Waals surface area contributed by atoms with Crippen molar-refractivity contribution in [3.63, 3.8) is 0 Å². The lowest BCUT2D eigenvalue weighted by Gasteiger charge is -2.36. The number of ether oxygens (including phenoxy) is 3. The summed E-state index contributed by atoms with van der Waals surface area (Å²) in [4.78, 5) is 4.35. The van der Waals surface area contributed by atoms with Crippen molar-refractivity contribution in [1.29, 1.82) is 0 Å². The number of aromatic nitrogens is 1. The highest BCUT2D eigenvalue weighted by molar-refractivity contribution is 5.34. The van der Waals surface area contributed by atoms with Crippen LogP contribution >= 0.6 is 0 Å². The normalized spacial score (nSPS) is 18.3. The summed E-state index contributed by atoms with van der Waals surface area (Å²) in [5, 5.41) is 0. The molecular weight excluding hydrogens is 242 g/mol. The summed E-state index contributed by atoms with van der Waals surface area (Å²) >= 11 is 0. The van der Waals surface area contributed by atoms with Gasteiger partial charge in [-0.15, -0.1) is 0 Å². The second-order valence-corrected chi connectivity index (χ2v) is 4.84. The maximum atomic E-state index is 5.92. The lowest BCUT2D eigenvalue weighted by Crippen LogP contribution is -2.45. The Morgan fingerprint density at radius 2 is 2.05 bits per heavy atom. The van der Waals surface area contributed by atoms with Gasteiger partial charge in [-0.3, -0.25) is 4.98 Å². The zero-order chi connectivity index (χ0) is 13.7. The molecule has 1 aliphatic heterocycles. The van der Waals surface area contributed by atoms with Gasteiger partial charge in [0, 0.05) is 23.9 Å². The van der Waals surface area contributed by atoms with Gasteiger partial charge < -0.3 is 14.2 Å². The van der Waals surface area contributed by atoms with Crippen LogP contribution in [0.5, 0.6) is 5.75 Å². The molecule has 0 atom stereocenters. The quantitative estimate of drug-likeness (QED) is 0.821. The number of pyridine rings is 1. The molecule has 0 N–H and O–H groups in total. The summed E-state index contributed by atoms with van der Waals surface area (Å²) in [6.07, 6.45) is 4.45. The fraction of sp³-hybridized carbons (Fsp3) is 0.667. The van der Waals surface area contributed by atoms with Gasteiger partial charge in [0.25, 0.3) is 0 Å². The molecule has 0 aliphatic carbocycles. The number of hydrogen-bond acceptors (Lipinski definition) is 4. The van der Waals surface area contributed by atoms with E-state index in [1.54, 1.807) is 6.20 Å². The molecule has 1 aliphatic rings. The van der Waals surface area contributed by atoms with E-state index in [4.69, 9.17) is 14.2 Å². The summed E-state index contributed by atoms with van der Waals surface area (Å²) in [5.74, 6) is 0.290. The minimum absolute atomic E-state index is 0.428. The van der Waals surface area contributed by atoms with Crippen LogP contribution in [0, 0.1) is 6.92 Å². The van der Waals surface area contributed by atoms with E-state index in [2.05, 4.69) is 18.8 Å². The first-order valence-electron chi connectivity index (χ1n) is 7.06. The SMILES string of the molecule is CCc1nccc(OCC2(CC)OCCCO2)c1C. The number of nitrogens with zero attached hydrogens (tertiary/aromatic N) is 1. The van der Waals surface area contributed by atoms with Gasteiger partial charge in [0.2, 0.25) is 5.79 Å². The van der Waals surface area contributed by atoms with Crippen LogP contribution in [-0.2, 0) is 15.9 Å². The van der Waals surface area contributed by atoms with E-state index in [9.17, 15) is 0 Å². The first-order chi connectivity index (χ1) is 9.21. The van der Waals surface area contributed by atoms with E-state index in [0.29, 0.717) is 6.61 Å². The highest BCUT2D eigenvalue weighted by Crippen LogP contribution is 2.26. The Hall–Kier alpha value is -1.13. The Labute approximate surface area is 115 Å². The number of rotatable bonds is 5. The summed E-state index contributed by atoms with van der Waals surface area (Å²) in [5.41, 5.74) is 2.18. The molecule has 106 valence electrons. The molecule has 2 rings (SSSR count). The molecule has 4 heteroatoms. The van der Waals surface area contributed by atoms with Crippen LogP contribution in [0.25, 0.3) is 0 Å². The van der Waals surface area contributed by atoms with Crippen molar-refractivity contribution < 1.29 is 14.2 Å². The van der Waals surface area contributed by atoms with Crippen LogP contribution in [0.3, 0.4) is 0 Å². The van der Waals surface area contributed by atoms with Crippen LogP contribution in [0.1, 0.15) is 37.9 Å². The van der Waals surface area contributed by atoms with Gasteiger partial charge in [-0.05, 0) is 25.8 Å². The molecular formula is C15H23NO3. The summed E-state index contributed by atoms with van der Waals surface area (Å²) in [6, 6.07) is 1.90. The van der Waals surface area contributed by atoms with Crippen molar-refractivity contribution >= 4 is 0 Å². The average Bonchev–Trinajstić information content (AvgIpc) is 2.47. The molecule has 0 aromatic carbocycles. The Morgan fingerprint density at radius 3 is 2.68 bits per heavy atom. The van der Waals surface area contributed by atoms with Crippen LogP contribution in [-0.4, -0.2) is 30.6 Å². The third-order valence-electron chi connectivity index (χ3n) is 3.60. The van der Waals surface area contributed by atoms with Crippen LogP contribution in [0.4, 0.5) is 0 Å². The van der Waals surface area contributed by atoms with Gasteiger partial charge in [0.1, 0.15) is 12.4 Å². The van der Waals surface area contributed by atoms with Crippen molar-refractivity contribution in [3.8, 4) is 5.75 Å². The molecule has 4 nitrogen and oxygen atoms in total. The number of hydrogen-bond donors (Lipinski definition) is 0. The van der Waals surface area contributed by atoms with E-state index in [1.807, 2.05) is 13.0 Å². The minimum Gasteiger partial charge on any atom is -0.488 e. The van der Waals surface area contributed by atoms with Gasteiger partial charge in [-0.1, -0.05) is 13.8 Å². The van der Waals surface area contributed by atoms with E-state index in [1.165, 1.54) is 0 Å². The smallest absolute Gasteiger partial charge is 0.202 e. The first-order valence-corrected chi connectivity index (χ1v) is 7.06. The Balaban J connectivity index is 2.05. The van der Waals surface area contributed by atoms with Crippen LogP contribution in [0.2, 0.25) is 0 Å². The Morgan fingerprint density at radius 1 is 1.32 bits per heavy atom. The summed E-state index contributed by atoms with van der Waals surface area (Å²) < 4.78 is 17.5. The molecule has 2 heterocycles. The van der Waals surface area contributed by atoms with Crippen LogP contribution in [0.15, 0.2) is 12.3 Å². The van der Waals surface area contributed by atoms with Gasteiger partial charge in [-0.25, -0.2) is 0 Å². The van der Waals surface area contributed by atoms with Gasteiger partial charge in [0.15, 0.2) is 0 Å². The highest BCUT2D eigenvalue weighted by Gasteiger charge is 2.34. The zero-order valence-corrected chi connectivity index (χ0v) is 12.1. The third kappa shape index (κ3) is 3.25. The monoisotopic (exact) mass is 265 g/mol. The summed E-state index contributed by atoms with van der Waals surface area (Å²) in [7, 11) is 0. The van der Waals surface area contributed by atoms with Gasteiger partial charge in [0.05, 0.1) is 13.2 Å². The van der Waals surface area contributed by atoms with E-state index in [-0.39, 0.29) is 0 Å². The van der Waals surface area contributed by atoms with E-state index in [0.717, 1.165) is 49.5 Å². The average molecular weight is 265 g/mol. The molecule has 1 aromatic heterocycles. The maximum Gasteiger partial charge on any atom is 0.202 e. The van der Waals surface area contributed by atoms with Crippen LogP contribution < -0.4 is 4.74 Å². The molecule has 19 heavy (non-hydrogen) atoms. The van der Waals surface area contributed by atoms with Gasteiger partial charge in [-0.2, -0.15) is 0 Å². The lowest BCUT2D eigenvalue weighted by atomic mass is 10.1. The first kappa shape index (κ1) is 14.3. The lowest BCUT2D eigenvalue weighted by molar-refractivity contribution is -0.279. The maximum absolute atomic E-state index is 5.92. The van der Waals surface area contributed by atoms with Crippen molar-refractivity contribution in [2.45, 2.75) is 45.8 Å². The van der Waals surface area contributed by atoms with E-state index < -0.39 is 5.79 Å². The number of aryl methyl sites for hydroxylation is 1. The molecule has 1 aromatic rings. The minimum atomic E-state index is -0.583. The fourth-order valence-electron chi connectivity index (χ4n) is 2.27. The predicted molar refractivity (Wildman–Crippen MR) is 73.4 cm³/mol. The standard InChI is InChI=1S/C15H23NO3/c1-4-13-12(3)14(7-8-16-13)17-11-15(5-2)18-9-6-10-19-15/h7-8H,4-6,9-11H2,1-3H3. The summed E-state index contributed by atoms with van der Waals surface area (Å²) in [6.45, 7) is 8.12. The molecule has 0 spiro atoms. The van der Waals surface area contributed by atoms with Crippen molar-refractivity contribution in [1.82, 2.24) is 4.98 Å². The largest absolute Gasteiger partial charge is 0.488 e. The molecule has 0 unspecified atom stereocenters. The Kier molecular flexibility index (Phi) is 4.77. The second-order valence-electron chi connectivity index (χ2n) is 4.84. The fourth-order valence-corrected chi connectivity index (χ4v) is 2.27. The van der Waals surface area contributed by atoms with Crippen molar-refractivity contribution in [2.75, 3.05) is 19.8 Å². The highest BCUT2D eigenvalue weighted by atomic mass is 16.7. The molecule has 0 saturated carbocycles. The molecule has 0 radical (unpaired) electrons.